The van der Waals surface area contributed by atoms with Gasteiger partial charge in [-0.05, 0) is 7.05 Å². The number of aromatic nitrogens is 3. The van der Waals surface area contributed by atoms with Gasteiger partial charge in [0, 0.05) is 19.0 Å². The van der Waals surface area contributed by atoms with Crippen LogP contribution in [0, 0.1) is 0 Å². The summed E-state index contributed by atoms with van der Waals surface area (Å²) < 4.78 is 2.08. The monoisotopic (exact) mass is 168 g/mol. The van der Waals surface area contributed by atoms with Crippen molar-refractivity contribution in [1.82, 2.24) is 20.1 Å². The summed E-state index contributed by atoms with van der Waals surface area (Å²) in [6.07, 6.45) is 1.78. The molecule has 4 nitrogen and oxygen atoms in total. The van der Waals surface area contributed by atoms with Gasteiger partial charge in [0.2, 0.25) is 0 Å². The average molecular weight is 168 g/mol. The second-order valence-electron chi connectivity index (χ2n) is 3.14. The molecule has 0 saturated carbocycles. The lowest BCUT2D eigenvalue weighted by atomic mass is 10.2. The number of likely N-dealkylation sites (N-methyl/N-ethyl adjacent to an activating group) is 1. The Morgan fingerprint density at radius 3 is 2.92 bits per heavy atom. The Hall–Kier alpha value is -0.900. The van der Waals surface area contributed by atoms with E-state index in [1.54, 1.807) is 6.33 Å². The molecule has 0 aliphatic carbocycles. The van der Waals surface area contributed by atoms with Crippen molar-refractivity contribution < 1.29 is 0 Å². The molecule has 0 aliphatic heterocycles. The van der Waals surface area contributed by atoms with Crippen molar-refractivity contribution in [1.29, 1.82) is 0 Å². The molecular weight excluding hydrogens is 152 g/mol. The van der Waals surface area contributed by atoms with Crippen LogP contribution in [-0.4, -0.2) is 28.4 Å². The van der Waals surface area contributed by atoms with E-state index in [0.717, 1.165) is 18.9 Å². The van der Waals surface area contributed by atoms with Gasteiger partial charge in [0.1, 0.15) is 12.2 Å². The minimum atomic E-state index is 0.448. The summed E-state index contributed by atoms with van der Waals surface area (Å²) in [7, 11) is 1.94. The standard InChI is InChI=1S/C8H16N4/c1-7(2)8-11-10-6-12(8)5-4-9-3/h6-7,9H,4-5H2,1-3H3. The van der Waals surface area contributed by atoms with Crippen molar-refractivity contribution in [2.24, 2.45) is 0 Å². The molecule has 4 heteroatoms. The van der Waals surface area contributed by atoms with E-state index in [9.17, 15) is 0 Å². The summed E-state index contributed by atoms with van der Waals surface area (Å²) in [6.45, 7) is 6.15. The summed E-state index contributed by atoms with van der Waals surface area (Å²) in [6, 6.07) is 0. The Labute approximate surface area is 73.0 Å². The molecule has 1 aromatic heterocycles. The highest BCUT2D eigenvalue weighted by atomic mass is 15.3. The summed E-state index contributed by atoms with van der Waals surface area (Å²) in [5.41, 5.74) is 0. The zero-order chi connectivity index (χ0) is 8.97. The van der Waals surface area contributed by atoms with Crippen LogP contribution in [0.15, 0.2) is 6.33 Å². The van der Waals surface area contributed by atoms with Crippen molar-refractivity contribution in [3.63, 3.8) is 0 Å². The van der Waals surface area contributed by atoms with Gasteiger partial charge in [-0.2, -0.15) is 0 Å². The summed E-state index contributed by atoms with van der Waals surface area (Å²) in [5, 5.41) is 11.0. The highest BCUT2D eigenvalue weighted by Gasteiger charge is 2.06. The highest BCUT2D eigenvalue weighted by molar-refractivity contribution is 4.92. The van der Waals surface area contributed by atoms with Crippen molar-refractivity contribution in [2.45, 2.75) is 26.3 Å². The molecule has 1 rings (SSSR count). The fourth-order valence-corrected chi connectivity index (χ4v) is 1.12. The van der Waals surface area contributed by atoms with E-state index >= 15 is 0 Å². The lowest BCUT2D eigenvalue weighted by molar-refractivity contribution is 0.594. The van der Waals surface area contributed by atoms with Gasteiger partial charge in [-0.1, -0.05) is 13.8 Å². The molecule has 0 aliphatic rings. The predicted molar refractivity (Wildman–Crippen MR) is 48.0 cm³/mol. The van der Waals surface area contributed by atoms with Gasteiger partial charge in [0.15, 0.2) is 0 Å². The van der Waals surface area contributed by atoms with E-state index in [1.807, 2.05) is 7.05 Å². The van der Waals surface area contributed by atoms with E-state index in [-0.39, 0.29) is 0 Å². The van der Waals surface area contributed by atoms with Crippen LogP contribution in [0.1, 0.15) is 25.6 Å². The van der Waals surface area contributed by atoms with Crippen LogP contribution in [0.3, 0.4) is 0 Å². The maximum absolute atomic E-state index is 4.05. The van der Waals surface area contributed by atoms with Crippen LogP contribution in [-0.2, 0) is 6.54 Å². The summed E-state index contributed by atoms with van der Waals surface area (Å²) >= 11 is 0. The number of rotatable bonds is 4. The van der Waals surface area contributed by atoms with E-state index in [2.05, 4.69) is 33.9 Å². The lowest BCUT2D eigenvalue weighted by Gasteiger charge is -2.07. The smallest absolute Gasteiger partial charge is 0.135 e. The number of nitrogens with zero attached hydrogens (tertiary/aromatic N) is 3. The highest BCUT2D eigenvalue weighted by Crippen LogP contribution is 2.09. The maximum atomic E-state index is 4.05. The zero-order valence-electron chi connectivity index (χ0n) is 7.91. The van der Waals surface area contributed by atoms with Crippen LogP contribution in [0.2, 0.25) is 0 Å². The molecule has 0 fully saturated rings. The van der Waals surface area contributed by atoms with E-state index < -0.39 is 0 Å². The average Bonchev–Trinajstić information content (AvgIpc) is 2.48. The van der Waals surface area contributed by atoms with Gasteiger partial charge in [0.05, 0.1) is 0 Å². The van der Waals surface area contributed by atoms with E-state index in [0.29, 0.717) is 5.92 Å². The largest absolute Gasteiger partial charge is 0.318 e. The van der Waals surface area contributed by atoms with Crippen LogP contribution >= 0.6 is 0 Å². The van der Waals surface area contributed by atoms with E-state index in [1.165, 1.54) is 0 Å². The number of nitrogens with one attached hydrogen (secondary N) is 1. The topological polar surface area (TPSA) is 42.7 Å². The second-order valence-corrected chi connectivity index (χ2v) is 3.14. The summed E-state index contributed by atoms with van der Waals surface area (Å²) in [4.78, 5) is 0. The predicted octanol–water partition coefficient (Wildman–Crippen LogP) is 0.621. The first-order valence-corrected chi connectivity index (χ1v) is 4.28. The molecule has 0 unspecified atom stereocenters. The number of hydrogen-bond donors (Lipinski definition) is 1. The fraction of sp³-hybridized carbons (Fsp3) is 0.750. The second kappa shape index (κ2) is 4.21. The van der Waals surface area contributed by atoms with Gasteiger partial charge in [-0.25, -0.2) is 0 Å². The zero-order valence-corrected chi connectivity index (χ0v) is 7.91. The Morgan fingerprint density at radius 2 is 2.33 bits per heavy atom. The molecule has 0 radical (unpaired) electrons. The Morgan fingerprint density at radius 1 is 1.58 bits per heavy atom. The first-order valence-electron chi connectivity index (χ1n) is 4.28. The molecule has 1 heterocycles. The number of hydrogen-bond acceptors (Lipinski definition) is 3. The van der Waals surface area contributed by atoms with Gasteiger partial charge in [-0.3, -0.25) is 0 Å². The minimum absolute atomic E-state index is 0.448. The van der Waals surface area contributed by atoms with E-state index in [4.69, 9.17) is 0 Å². The molecule has 0 amide bonds. The van der Waals surface area contributed by atoms with Gasteiger partial charge < -0.3 is 9.88 Å². The summed E-state index contributed by atoms with van der Waals surface area (Å²) in [5.74, 6) is 1.51. The third kappa shape index (κ3) is 2.04. The maximum Gasteiger partial charge on any atom is 0.135 e. The molecule has 0 spiro atoms. The third-order valence-electron chi connectivity index (χ3n) is 1.76. The Kier molecular flexibility index (Phi) is 3.22. The SMILES string of the molecule is CNCCn1cnnc1C(C)C. The molecule has 0 atom stereocenters. The third-order valence-corrected chi connectivity index (χ3v) is 1.76. The molecule has 0 aromatic carbocycles. The molecule has 0 saturated heterocycles. The normalized spacial score (nSPS) is 11.0. The molecule has 12 heavy (non-hydrogen) atoms. The van der Waals surface area contributed by atoms with Gasteiger partial charge >= 0.3 is 0 Å². The Balaban J connectivity index is 2.64. The Bertz CT molecular complexity index is 229. The lowest BCUT2D eigenvalue weighted by Crippen LogP contribution is -2.16. The quantitative estimate of drug-likeness (QED) is 0.716. The van der Waals surface area contributed by atoms with Crippen LogP contribution in [0.25, 0.3) is 0 Å². The van der Waals surface area contributed by atoms with Crippen LogP contribution in [0.4, 0.5) is 0 Å². The van der Waals surface area contributed by atoms with Crippen molar-refractivity contribution in [2.75, 3.05) is 13.6 Å². The van der Waals surface area contributed by atoms with Crippen molar-refractivity contribution in [3.05, 3.63) is 12.2 Å². The first kappa shape index (κ1) is 9.19. The molecule has 68 valence electrons. The molecule has 1 N–H and O–H groups in total. The molecule has 1 aromatic rings. The molecule has 0 bridgehead atoms. The van der Waals surface area contributed by atoms with Gasteiger partial charge in [-0.15, -0.1) is 10.2 Å². The van der Waals surface area contributed by atoms with Crippen molar-refractivity contribution >= 4 is 0 Å². The first-order chi connectivity index (χ1) is 5.75. The minimum Gasteiger partial charge on any atom is -0.318 e. The fourth-order valence-electron chi connectivity index (χ4n) is 1.12. The molecular formula is C8H16N4. The van der Waals surface area contributed by atoms with Crippen LogP contribution in [0.5, 0.6) is 0 Å². The van der Waals surface area contributed by atoms with Crippen LogP contribution < -0.4 is 5.32 Å². The van der Waals surface area contributed by atoms with Gasteiger partial charge in [0.25, 0.3) is 0 Å². The van der Waals surface area contributed by atoms with Crippen molar-refractivity contribution in [3.8, 4) is 0 Å².